The molecule has 0 bridgehead atoms. The summed E-state index contributed by atoms with van der Waals surface area (Å²) in [6.07, 6.45) is 3.43. The van der Waals surface area contributed by atoms with E-state index in [1.165, 1.54) is 0 Å². The van der Waals surface area contributed by atoms with E-state index in [-0.39, 0.29) is 17.5 Å². The van der Waals surface area contributed by atoms with Crippen LogP contribution in [0.2, 0.25) is 0 Å². The minimum Gasteiger partial charge on any atom is -0.478 e. The van der Waals surface area contributed by atoms with Gasteiger partial charge in [0.15, 0.2) is 0 Å². The Labute approximate surface area is 145 Å². The Hall–Kier alpha value is -2.71. The quantitative estimate of drug-likeness (QED) is 0.802. The minimum atomic E-state index is -0.978. The molecule has 132 valence electrons. The zero-order valence-electron chi connectivity index (χ0n) is 14.0. The SMILES string of the molecule is CN1CCN(Cc2cn(-c3ccccc3C(=O)O)cn2)CC1C(N)=O. The van der Waals surface area contributed by atoms with Gasteiger partial charge in [0.1, 0.15) is 6.04 Å². The highest BCUT2D eigenvalue weighted by Gasteiger charge is 2.28. The van der Waals surface area contributed by atoms with Crippen LogP contribution in [0.5, 0.6) is 0 Å². The lowest BCUT2D eigenvalue weighted by Crippen LogP contribution is -2.56. The van der Waals surface area contributed by atoms with Gasteiger partial charge in [-0.1, -0.05) is 12.1 Å². The number of carboxylic acid groups (broad SMARTS) is 1. The molecule has 1 atom stereocenters. The number of likely N-dealkylation sites (N-methyl/N-ethyl adjacent to an activating group) is 1. The number of aromatic carboxylic acids is 1. The first kappa shape index (κ1) is 17.1. The largest absolute Gasteiger partial charge is 0.478 e. The molecule has 0 aliphatic carbocycles. The molecule has 1 aliphatic heterocycles. The normalized spacial score (nSPS) is 19.0. The highest BCUT2D eigenvalue weighted by Crippen LogP contribution is 2.16. The highest BCUT2D eigenvalue weighted by atomic mass is 16.4. The summed E-state index contributed by atoms with van der Waals surface area (Å²) in [5, 5.41) is 9.31. The molecule has 3 rings (SSSR count). The summed E-state index contributed by atoms with van der Waals surface area (Å²) in [6.45, 7) is 2.72. The summed E-state index contributed by atoms with van der Waals surface area (Å²) in [5.74, 6) is -1.30. The number of carbonyl (C=O) groups excluding carboxylic acids is 1. The third-order valence-corrected chi connectivity index (χ3v) is 4.49. The Morgan fingerprint density at radius 1 is 1.32 bits per heavy atom. The van der Waals surface area contributed by atoms with Crippen LogP contribution in [0.15, 0.2) is 36.8 Å². The molecule has 2 heterocycles. The van der Waals surface area contributed by atoms with E-state index in [1.807, 2.05) is 18.1 Å². The number of nitrogens with zero attached hydrogens (tertiary/aromatic N) is 4. The smallest absolute Gasteiger partial charge is 0.337 e. The summed E-state index contributed by atoms with van der Waals surface area (Å²) in [7, 11) is 1.89. The molecule has 1 saturated heterocycles. The molecular formula is C17H21N5O3. The van der Waals surface area contributed by atoms with Crippen molar-refractivity contribution in [2.45, 2.75) is 12.6 Å². The van der Waals surface area contributed by atoms with Crippen molar-refractivity contribution < 1.29 is 14.7 Å². The molecule has 1 unspecified atom stereocenters. The van der Waals surface area contributed by atoms with Crippen molar-refractivity contribution >= 4 is 11.9 Å². The molecule has 1 aromatic heterocycles. The number of carboxylic acids is 1. The van der Waals surface area contributed by atoms with E-state index >= 15 is 0 Å². The van der Waals surface area contributed by atoms with Crippen LogP contribution in [0.25, 0.3) is 5.69 Å². The lowest BCUT2D eigenvalue weighted by Gasteiger charge is -2.37. The van der Waals surface area contributed by atoms with Crippen LogP contribution in [0.4, 0.5) is 0 Å². The lowest BCUT2D eigenvalue weighted by atomic mass is 10.1. The maximum atomic E-state index is 11.5. The Kier molecular flexibility index (Phi) is 4.82. The molecule has 0 saturated carbocycles. The Morgan fingerprint density at radius 3 is 2.80 bits per heavy atom. The molecule has 1 fully saturated rings. The zero-order chi connectivity index (χ0) is 18.0. The van der Waals surface area contributed by atoms with Crippen LogP contribution in [0.1, 0.15) is 16.1 Å². The molecule has 1 aliphatic rings. The molecule has 25 heavy (non-hydrogen) atoms. The second-order valence-electron chi connectivity index (χ2n) is 6.23. The van der Waals surface area contributed by atoms with Crippen LogP contribution in [0, 0.1) is 0 Å². The molecule has 3 N–H and O–H groups in total. The van der Waals surface area contributed by atoms with Crippen LogP contribution in [-0.2, 0) is 11.3 Å². The number of piperazine rings is 1. The number of amides is 1. The number of imidazole rings is 1. The molecule has 0 radical (unpaired) electrons. The fraction of sp³-hybridized carbons (Fsp3) is 0.353. The number of primary amides is 1. The van der Waals surface area contributed by atoms with Crippen molar-refractivity contribution in [2.24, 2.45) is 5.73 Å². The third-order valence-electron chi connectivity index (χ3n) is 4.49. The summed E-state index contributed by atoms with van der Waals surface area (Å²) in [6, 6.07) is 6.49. The van der Waals surface area contributed by atoms with Gasteiger partial charge < -0.3 is 15.4 Å². The molecule has 1 aromatic carbocycles. The van der Waals surface area contributed by atoms with Gasteiger partial charge in [-0.05, 0) is 19.2 Å². The first-order valence-corrected chi connectivity index (χ1v) is 8.03. The average Bonchev–Trinajstić information content (AvgIpc) is 3.04. The van der Waals surface area contributed by atoms with Crippen molar-refractivity contribution in [3.8, 4) is 5.69 Å². The molecular weight excluding hydrogens is 322 g/mol. The van der Waals surface area contributed by atoms with E-state index in [2.05, 4.69) is 9.88 Å². The van der Waals surface area contributed by atoms with E-state index in [9.17, 15) is 14.7 Å². The first-order valence-electron chi connectivity index (χ1n) is 8.03. The summed E-state index contributed by atoms with van der Waals surface area (Å²) in [5.41, 5.74) is 7.06. The van der Waals surface area contributed by atoms with E-state index < -0.39 is 5.97 Å². The fourth-order valence-electron chi connectivity index (χ4n) is 3.07. The van der Waals surface area contributed by atoms with E-state index in [0.717, 1.165) is 18.8 Å². The van der Waals surface area contributed by atoms with Gasteiger partial charge in [0, 0.05) is 32.4 Å². The van der Waals surface area contributed by atoms with Gasteiger partial charge in [-0.25, -0.2) is 9.78 Å². The Morgan fingerprint density at radius 2 is 2.08 bits per heavy atom. The van der Waals surface area contributed by atoms with Crippen molar-refractivity contribution in [3.63, 3.8) is 0 Å². The predicted octanol–water partition coefficient (Wildman–Crippen LogP) is 0.172. The van der Waals surface area contributed by atoms with E-state index in [0.29, 0.717) is 18.8 Å². The van der Waals surface area contributed by atoms with E-state index in [4.69, 9.17) is 5.73 Å². The summed E-state index contributed by atoms with van der Waals surface area (Å²) in [4.78, 5) is 31.4. The maximum Gasteiger partial charge on any atom is 0.337 e. The van der Waals surface area contributed by atoms with Crippen molar-refractivity contribution in [1.82, 2.24) is 19.4 Å². The average molecular weight is 343 g/mol. The number of aromatic nitrogens is 2. The Balaban J connectivity index is 1.75. The number of benzene rings is 1. The van der Waals surface area contributed by atoms with Gasteiger partial charge in [0.2, 0.25) is 5.91 Å². The molecule has 2 aromatic rings. The fourth-order valence-corrected chi connectivity index (χ4v) is 3.07. The highest BCUT2D eigenvalue weighted by molar-refractivity contribution is 5.91. The summed E-state index contributed by atoms with van der Waals surface area (Å²) < 4.78 is 1.71. The van der Waals surface area contributed by atoms with Crippen molar-refractivity contribution in [1.29, 1.82) is 0 Å². The number of para-hydroxylation sites is 1. The second kappa shape index (κ2) is 7.04. The van der Waals surface area contributed by atoms with Crippen LogP contribution < -0.4 is 5.73 Å². The second-order valence-corrected chi connectivity index (χ2v) is 6.23. The number of rotatable bonds is 5. The number of hydrogen-bond donors (Lipinski definition) is 2. The minimum absolute atomic E-state index is 0.222. The van der Waals surface area contributed by atoms with Gasteiger partial charge in [0.05, 0.1) is 23.3 Å². The lowest BCUT2D eigenvalue weighted by molar-refractivity contribution is -0.125. The first-order chi connectivity index (χ1) is 12.0. The monoisotopic (exact) mass is 343 g/mol. The third kappa shape index (κ3) is 3.70. The summed E-state index contributed by atoms with van der Waals surface area (Å²) >= 11 is 0. The van der Waals surface area contributed by atoms with Gasteiger partial charge in [-0.2, -0.15) is 0 Å². The van der Waals surface area contributed by atoms with Gasteiger partial charge in [-0.15, -0.1) is 0 Å². The van der Waals surface area contributed by atoms with Gasteiger partial charge in [-0.3, -0.25) is 14.6 Å². The van der Waals surface area contributed by atoms with Crippen LogP contribution in [-0.4, -0.2) is 69.1 Å². The number of carbonyl (C=O) groups is 2. The van der Waals surface area contributed by atoms with Gasteiger partial charge in [0.25, 0.3) is 0 Å². The van der Waals surface area contributed by atoms with Crippen LogP contribution >= 0.6 is 0 Å². The maximum absolute atomic E-state index is 11.5. The number of hydrogen-bond acceptors (Lipinski definition) is 5. The number of nitrogens with two attached hydrogens (primary N) is 1. The molecule has 8 nitrogen and oxygen atoms in total. The molecule has 1 amide bonds. The topological polar surface area (TPSA) is 105 Å². The van der Waals surface area contributed by atoms with Crippen molar-refractivity contribution in [3.05, 3.63) is 48.0 Å². The van der Waals surface area contributed by atoms with Crippen molar-refractivity contribution in [2.75, 3.05) is 26.7 Å². The standard InChI is InChI=1S/C17H21N5O3/c1-20-6-7-21(10-15(20)16(18)23)8-12-9-22(11-19-12)14-5-3-2-4-13(14)17(24)25/h2-5,9,11,15H,6-8,10H2,1H3,(H2,18,23)(H,24,25). The molecule has 8 heteroatoms. The van der Waals surface area contributed by atoms with Gasteiger partial charge >= 0.3 is 5.97 Å². The Bertz CT molecular complexity index is 788. The zero-order valence-corrected chi connectivity index (χ0v) is 14.0. The molecule has 0 spiro atoms. The van der Waals surface area contributed by atoms with E-state index in [1.54, 1.807) is 35.2 Å². The van der Waals surface area contributed by atoms with Crippen LogP contribution in [0.3, 0.4) is 0 Å². The predicted molar refractivity (Wildman–Crippen MR) is 91.4 cm³/mol.